The first-order chi connectivity index (χ1) is 6.86. The molecular formula is C12H18O3. The standard InChI is InChI=1S/C12H18O3/c1-11(2,3)15-10(14)12-7-8(12)5-4-6-9(12)13/h8H,4-7H2,1-3H3. The molecule has 2 aliphatic rings. The smallest absolute Gasteiger partial charge is 0.320 e. The van der Waals surface area contributed by atoms with E-state index in [2.05, 4.69) is 0 Å². The van der Waals surface area contributed by atoms with Gasteiger partial charge in [-0.15, -0.1) is 0 Å². The minimum absolute atomic E-state index is 0.105. The van der Waals surface area contributed by atoms with Crippen molar-refractivity contribution in [1.82, 2.24) is 0 Å². The number of Topliss-reactive ketones (excluding diaryl/α,β-unsaturated/α-hetero) is 1. The number of ether oxygens (including phenoxy) is 1. The average molecular weight is 210 g/mol. The Kier molecular flexibility index (Phi) is 2.18. The maximum absolute atomic E-state index is 11.9. The first-order valence-electron chi connectivity index (χ1n) is 5.63. The molecule has 0 bridgehead atoms. The van der Waals surface area contributed by atoms with Crippen molar-refractivity contribution in [2.75, 3.05) is 0 Å². The first kappa shape index (κ1) is 10.7. The highest BCUT2D eigenvalue weighted by atomic mass is 16.6. The first-order valence-corrected chi connectivity index (χ1v) is 5.63. The minimum atomic E-state index is -0.731. The maximum Gasteiger partial charge on any atom is 0.320 e. The van der Waals surface area contributed by atoms with Crippen molar-refractivity contribution in [3.63, 3.8) is 0 Å². The zero-order valence-electron chi connectivity index (χ0n) is 9.63. The lowest BCUT2D eigenvalue weighted by molar-refractivity contribution is -0.165. The van der Waals surface area contributed by atoms with Crippen LogP contribution >= 0.6 is 0 Å². The fraction of sp³-hybridized carbons (Fsp3) is 0.833. The molecule has 2 aliphatic carbocycles. The lowest BCUT2D eigenvalue weighted by Crippen LogP contribution is -2.36. The van der Waals surface area contributed by atoms with Gasteiger partial charge in [0, 0.05) is 6.42 Å². The van der Waals surface area contributed by atoms with Crippen LogP contribution in [0.2, 0.25) is 0 Å². The molecule has 2 saturated carbocycles. The van der Waals surface area contributed by atoms with E-state index in [0.29, 0.717) is 6.42 Å². The summed E-state index contributed by atoms with van der Waals surface area (Å²) in [6, 6.07) is 0. The maximum atomic E-state index is 11.9. The van der Waals surface area contributed by atoms with Gasteiger partial charge >= 0.3 is 5.97 Å². The largest absolute Gasteiger partial charge is 0.459 e. The van der Waals surface area contributed by atoms with Gasteiger partial charge in [0.15, 0.2) is 0 Å². The molecule has 0 aromatic carbocycles. The van der Waals surface area contributed by atoms with Crippen molar-refractivity contribution in [2.24, 2.45) is 11.3 Å². The Morgan fingerprint density at radius 2 is 2.13 bits per heavy atom. The molecule has 0 heterocycles. The highest BCUT2D eigenvalue weighted by Gasteiger charge is 2.67. The van der Waals surface area contributed by atoms with E-state index in [1.807, 2.05) is 20.8 Å². The molecule has 0 saturated heterocycles. The Morgan fingerprint density at radius 1 is 1.47 bits per heavy atom. The number of ketones is 1. The van der Waals surface area contributed by atoms with Gasteiger partial charge in [-0.1, -0.05) is 0 Å². The van der Waals surface area contributed by atoms with Crippen LogP contribution < -0.4 is 0 Å². The summed E-state index contributed by atoms with van der Waals surface area (Å²) >= 11 is 0. The van der Waals surface area contributed by atoms with Gasteiger partial charge in [0.1, 0.15) is 16.8 Å². The van der Waals surface area contributed by atoms with Crippen molar-refractivity contribution in [3.05, 3.63) is 0 Å². The van der Waals surface area contributed by atoms with E-state index in [9.17, 15) is 9.59 Å². The van der Waals surface area contributed by atoms with E-state index >= 15 is 0 Å². The zero-order chi connectivity index (χ0) is 11.3. The van der Waals surface area contributed by atoms with Gasteiger partial charge in [0.25, 0.3) is 0 Å². The van der Waals surface area contributed by atoms with Gasteiger partial charge in [0.2, 0.25) is 0 Å². The highest BCUT2D eigenvalue weighted by Crippen LogP contribution is 2.60. The molecule has 2 fully saturated rings. The van der Waals surface area contributed by atoms with Crippen molar-refractivity contribution >= 4 is 11.8 Å². The van der Waals surface area contributed by atoms with Gasteiger partial charge in [-0.05, 0) is 46.0 Å². The van der Waals surface area contributed by atoms with E-state index < -0.39 is 11.0 Å². The van der Waals surface area contributed by atoms with Crippen LogP contribution in [0.5, 0.6) is 0 Å². The van der Waals surface area contributed by atoms with Crippen molar-refractivity contribution in [3.8, 4) is 0 Å². The monoisotopic (exact) mass is 210 g/mol. The fourth-order valence-electron chi connectivity index (χ4n) is 2.48. The lowest BCUT2D eigenvalue weighted by atomic mass is 9.87. The summed E-state index contributed by atoms with van der Waals surface area (Å²) in [4.78, 5) is 23.7. The number of rotatable bonds is 1. The van der Waals surface area contributed by atoms with Gasteiger partial charge in [-0.25, -0.2) is 0 Å². The van der Waals surface area contributed by atoms with E-state index in [1.165, 1.54) is 0 Å². The second-order valence-corrected chi connectivity index (χ2v) is 5.69. The SMILES string of the molecule is CC(C)(C)OC(=O)C12CC1CCCC2=O. The molecule has 84 valence electrons. The van der Waals surface area contributed by atoms with E-state index in [4.69, 9.17) is 4.74 Å². The Hall–Kier alpha value is -0.860. The number of hydrogen-bond donors (Lipinski definition) is 0. The van der Waals surface area contributed by atoms with Crippen LogP contribution in [0.4, 0.5) is 0 Å². The quantitative estimate of drug-likeness (QED) is 0.491. The average Bonchev–Trinajstić information content (AvgIpc) is 2.77. The predicted octanol–water partition coefficient (Wildman–Crippen LogP) is 2.09. The molecule has 2 rings (SSSR count). The molecule has 0 aliphatic heterocycles. The van der Waals surface area contributed by atoms with Gasteiger partial charge in [-0.2, -0.15) is 0 Å². The molecule has 0 aromatic rings. The molecule has 3 heteroatoms. The zero-order valence-corrected chi connectivity index (χ0v) is 9.63. The van der Waals surface area contributed by atoms with Crippen LogP contribution in [0.25, 0.3) is 0 Å². The fourth-order valence-corrected chi connectivity index (χ4v) is 2.48. The molecule has 2 unspecified atom stereocenters. The summed E-state index contributed by atoms with van der Waals surface area (Å²) in [6.45, 7) is 5.52. The van der Waals surface area contributed by atoms with Crippen LogP contribution in [-0.2, 0) is 14.3 Å². The third-order valence-electron chi connectivity index (χ3n) is 3.32. The predicted molar refractivity (Wildman–Crippen MR) is 55.2 cm³/mol. The lowest BCUT2D eigenvalue weighted by Gasteiger charge is -2.25. The number of hydrogen-bond acceptors (Lipinski definition) is 3. The van der Waals surface area contributed by atoms with Crippen LogP contribution in [0.1, 0.15) is 46.5 Å². The van der Waals surface area contributed by atoms with Crippen molar-refractivity contribution in [1.29, 1.82) is 0 Å². The molecular weight excluding hydrogens is 192 g/mol. The third-order valence-corrected chi connectivity index (χ3v) is 3.32. The Morgan fingerprint density at radius 3 is 2.67 bits per heavy atom. The summed E-state index contributed by atoms with van der Waals surface area (Å²) < 4.78 is 5.33. The van der Waals surface area contributed by atoms with Crippen molar-refractivity contribution < 1.29 is 14.3 Å². The molecule has 15 heavy (non-hydrogen) atoms. The van der Waals surface area contributed by atoms with Crippen LogP contribution in [0.15, 0.2) is 0 Å². The summed E-state index contributed by atoms with van der Waals surface area (Å²) in [6.07, 6.45) is 3.22. The number of carbonyl (C=O) groups excluding carboxylic acids is 2. The van der Waals surface area contributed by atoms with Crippen molar-refractivity contribution in [2.45, 2.75) is 52.1 Å². The number of fused-ring (bicyclic) bond motifs is 1. The third kappa shape index (κ3) is 1.68. The van der Waals surface area contributed by atoms with Gasteiger partial charge in [-0.3, -0.25) is 9.59 Å². The molecule has 0 radical (unpaired) electrons. The summed E-state index contributed by atoms with van der Waals surface area (Å²) in [5, 5.41) is 0. The number of carbonyl (C=O) groups is 2. The van der Waals surface area contributed by atoms with E-state index in [0.717, 1.165) is 19.3 Å². The summed E-state index contributed by atoms with van der Waals surface area (Å²) in [5.41, 5.74) is -1.22. The Bertz CT molecular complexity index is 313. The molecule has 0 spiro atoms. The molecule has 0 N–H and O–H groups in total. The van der Waals surface area contributed by atoms with E-state index in [1.54, 1.807) is 0 Å². The number of esters is 1. The van der Waals surface area contributed by atoms with E-state index in [-0.39, 0.29) is 17.7 Å². The van der Waals surface area contributed by atoms with Crippen LogP contribution in [0, 0.1) is 11.3 Å². The Balaban J connectivity index is 2.11. The molecule has 0 aromatic heterocycles. The van der Waals surface area contributed by atoms with Gasteiger partial charge in [0.05, 0.1) is 0 Å². The normalized spacial score (nSPS) is 34.6. The molecule has 2 atom stereocenters. The minimum Gasteiger partial charge on any atom is -0.459 e. The van der Waals surface area contributed by atoms with Gasteiger partial charge < -0.3 is 4.74 Å². The Labute approximate surface area is 90.2 Å². The van der Waals surface area contributed by atoms with Crippen LogP contribution in [-0.4, -0.2) is 17.4 Å². The second kappa shape index (κ2) is 3.06. The topological polar surface area (TPSA) is 43.4 Å². The summed E-state index contributed by atoms with van der Waals surface area (Å²) in [5.74, 6) is 0.0892. The molecule has 3 nitrogen and oxygen atoms in total. The second-order valence-electron chi connectivity index (χ2n) is 5.69. The highest BCUT2D eigenvalue weighted by molar-refractivity contribution is 6.08. The summed E-state index contributed by atoms with van der Waals surface area (Å²) in [7, 11) is 0. The van der Waals surface area contributed by atoms with Crippen LogP contribution in [0.3, 0.4) is 0 Å². The molecule has 0 amide bonds.